The molecular weight excluding hydrogens is 280 g/mol. The predicted octanol–water partition coefficient (Wildman–Crippen LogP) is 1.93. The number of benzene rings is 1. The van der Waals surface area contributed by atoms with Crippen LogP contribution in [0.3, 0.4) is 0 Å². The van der Waals surface area contributed by atoms with Crippen LogP contribution in [0.25, 0.3) is 0 Å². The van der Waals surface area contributed by atoms with E-state index in [9.17, 15) is 14.9 Å². The highest BCUT2D eigenvalue weighted by Gasteiger charge is 2.22. The molecule has 2 rings (SSSR count). The van der Waals surface area contributed by atoms with Gasteiger partial charge in [-0.25, -0.2) is 4.79 Å². The molecule has 20 heavy (non-hydrogen) atoms. The number of ether oxygens (including phenoxy) is 1. The molecule has 1 saturated heterocycles. The lowest BCUT2D eigenvalue weighted by atomic mass is 10.1. The summed E-state index contributed by atoms with van der Waals surface area (Å²) in [6.07, 6.45) is 0. The highest BCUT2D eigenvalue weighted by molar-refractivity contribution is 7.99. The molecule has 1 fully saturated rings. The Labute approximate surface area is 121 Å². The molecule has 0 aromatic heterocycles. The monoisotopic (exact) mass is 296 g/mol. The summed E-state index contributed by atoms with van der Waals surface area (Å²) in [5.74, 6) is 1.51. The van der Waals surface area contributed by atoms with Gasteiger partial charge in [-0.1, -0.05) is 6.07 Å². The van der Waals surface area contributed by atoms with Crippen LogP contribution in [0.2, 0.25) is 0 Å². The average Bonchev–Trinajstić information content (AvgIpc) is 2.47. The van der Waals surface area contributed by atoms with Crippen molar-refractivity contribution in [3.63, 3.8) is 0 Å². The second-order valence-corrected chi connectivity index (χ2v) is 5.71. The van der Waals surface area contributed by atoms with Crippen LogP contribution in [0, 0.1) is 10.1 Å². The van der Waals surface area contributed by atoms with E-state index < -0.39 is 10.9 Å². The Morgan fingerprint density at radius 1 is 1.45 bits per heavy atom. The first-order chi connectivity index (χ1) is 9.61. The molecule has 0 radical (unpaired) electrons. The van der Waals surface area contributed by atoms with Crippen molar-refractivity contribution in [2.24, 2.45) is 0 Å². The van der Waals surface area contributed by atoms with Gasteiger partial charge < -0.3 is 4.74 Å². The van der Waals surface area contributed by atoms with Crippen LogP contribution in [-0.4, -0.2) is 47.5 Å². The van der Waals surface area contributed by atoms with E-state index in [1.807, 2.05) is 11.8 Å². The third-order valence-corrected chi connectivity index (χ3v) is 4.12. The van der Waals surface area contributed by atoms with Gasteiger partial charge in [-0.2, -0.15) is 11.8 Å². The maximum atomic E-state index is 11.6. The number of methoxy groups -OCH3 is 1. The van der Waals surface area contributed by atoms with Gasteiger partial charge in [0, 0.05) is 37.2 Å². The number of nitro benzene ring substituents is 1. The lowest BCUT2D eigenvalue weighted by molar-refractivity contribution is -0.385. The van der Waals surface area contributed by atoms with E-state index in [1.54, 1.807) is 12.1 Å². The summed E-state index contributed by atoms with van der Waals surface area (Å²) in [6, 6.07) is 4.64. The Balaban J connectivity index is 2.22. The molecule has 7 heteroatoms. The van der Waals surface area contributed by atoms with Gasteiger partial charge in [-0.3, -0.25) is 15.0 Å². The Kier molecular flexibility index (Phi) is 4.97. The Morgan fingerprint density at radius 2 is 2.15 bits per heavy atom. The van der Waals surface area contributed by atoms with Crippen molar-refractivity contribution < 1.29 is 14.5 Å². The van der Waals surface area contributed by atoms with Crippen LogP contribution in [-0.2, 0) is 11.3 Å². The van der Waals surface area contributed by atoms with Crippen LogP contribution in [0.5, 0.6) is 0 Å². The summed E-state index contributed by atoms with van der Waals surface area (Å²) >= 11 is 1.92. The van der Waals surface area contributed by atoms with E-state index in [2.05, 4.69) is 9.64 Å². The summed E-state index contributed by atoms with van der Waals surface area (Å²) in [5.41, 5.74) is 0.694. The minimum atomic E-state index is -0.673. The van der Waals surface area contributed by atoms with E-state index >= 15 is 0 Å². The summed E-state index contributed by atoms with van der Waals surface area (Å²) in [7, 11) is 1.22. The van der Waals surface area contributed by atoms with Crippen LogP contribution >= 0.6 is 11.8 Å². The first-order valence-electron chi connectivity index (χ1n) is 6.27. The van der Waals surface area contributed by atoms with Crippen LogP contribution in [0.15, 0.2) is 18.2 Å². The number of nitrogens with zero attached hydrogens (tertiary/aromatic N) is 2. The highest BCUT2D eigenvalue weighted by Crippen LogP contribution is 2.22. The first-order valence-corrected chi connectivity index (χ1v) is 7.43. The minimum Gasteiger partial charge on any atom is -0.465 e. The average molecular weight is 296 g/mol. The van der Waals surface area contributed by atoms with Gasteiger partial charge in [0.25, 0.3) is 5.69 Å². The number of esters is 1. The molecule has 6 nitrogen and oxygen atoms in total. The fourth-order valence-corrected chi connectivity index (χ4v) is 3.11. The number of hydrogen-bond donors (Lipinski definition) is 0. The Hall–Kier alpha value is -1.60. The Bertz CT molecular complexity index is 515. The third kappa shape index (κ3) is 3.49. The molecule has 0 unspecified atom stereocenters. The van der Waals surface area contributed by atoms with Gasteiger partial charge in [0.05, 0.1) is 12.0 Å². The zero-order valence-corrected chi connectivity index (χ0v) is 12.0. The molecule has 1 aliphatic rings. The highest BCUT2D eigenvalue weighted by atomic mass is 32.2. The second kappa shape index (κ2) is 6.71. The van der Waals surface area contributed by atoms with E-state index in [4.69, 9.17) is 0 Å². The second-order valence-electron chi connectivity index (χ2n) is 4.49. The lowest BCUT2D eigenvalue weighted by Crippen LogP contribution is -2.32. The topological polar surface area (TPSA) is 72.7 Å². The molecule has 1 aliphatic heterocycles. The predicted molar refractivity (Wildman–Crippen MR) is 77.0 cm³/mol. The normalized spacial score (nSPS) is 15.8. The van der Waals surface area contributed by atoms with Gasteiger partial charge in [0.2, 0.25) is 0 Å². The van der Waals surface area contributed by atoms with Crippen molar-refractivity contribution in [1.29, 1.82) is 0 Å². The number of rotatable bonds is 4. The zero-order valence-electron chi connectivity index (χ0n) is 11.2. The lowest BCUT2D eigenvalue weighted by Gasteiger charge is -2.26. The van der Waals surface area contributed by atoms with Crippen molar-refractivity contribution in [2.75, 3.05) is 31.7 Å². The van der Waals surface area contributed by atoms with Gasteiger partial charge in [0.1, 0.15) is 5.56 Å². The zero-order chi connectivity index (χ0) is 14.5. The summed E-state index contributed by atoms with van der Waals surface area (Å²) in [4.78, 5) is 24.3. The molecule has 1 heterocycles. The molecule has 0 N–H and O–H groups in total. The van der Waals surface area contributed by atoms with Crippen LogP contribution in [0.1, 0.15) is 15.9 Å². The fourth-order valence-electron chi connectivity index (χ4n) is 2.13. The van der Waals surface area contributed by atoms with Crippen molar-refractivity contribution >= 4 is 23.4 Å². The van der Waals surface area contributed by atoms with Crippen LogP contribution in [0.4, 0.5) is 5.69 Å². The maximum Gasteiger partial charge on any atom is 0.344 e. The van der Waals surface area contributed by atoms with Crippen molar-refractivity contribution in [3.05, 3.63) is 39.4 Å². The molecule has 0 bridgehead atoms. The summed E-state index contributed by atoms with van der Waals surface area (Å²) < 4.78 is 4.61. The number of hydrogen-bond acceptors (Lipinski definition) is 6. The van der Waals surface area contributed by atoms with Gasteiger partial charge in [-0.05, 0) is 11.6 Å². The third-order valence-electron chi connectivity index (χ3n) is 3.17. The smallest absolute Gasteiger partial charge is 0.344 e. The van der Waals surface area contributed by atoms with Crippen molar-refractivity contribution in [1.82, 2.24) is 4.90 Å². The van der Waals surface area contributed by atoms with Crippen LogP contribution < -0.4 is 0 Å². The fraction of sp³-hybridized carbons (Fsp3) is 0.462. The molecule has 0 amide bonds. The first kappa shape index (κ1) is 14.8. The standard InChI is InChI=1S/C13H16N2O4S/c1-19-13(16)11-8-10(2-3-12(11)15(17)18)9-14-4-6-20-7-5-14/h2-3,8H,4-7,9H2,1H3. The van der Waals surface area contributed by atoms with Gasteiger partial charge >= 0.3 is 5.97 Å². The van der Waals surface area contributed by atoms with E-state index in [0.29, 0.717) is 6.54 Å². The maximum absolute atomic E-state index is 11.6. The number of nitro groups is 1. The quantitative estimate of drug-likeness (QED) is 0.480. The van der Waals surface area contributed by atoms with E-state index in [1.165, 1.54) is 13.2 Å². The van der Waals surface area contributed by atoms with E-state index in [0.717, 1.165) is 30.2 Å². The largest absolute Gasteiger partial charge is 0.465 e. The number of carbonyl (C=O) groups is 1. The van der Waals surface area contributed by atoms with Crippen molar-refractivity contribution in [2.45, 2.75) is 6.54 Å². The van der Waals surface area contributed by atoms with Gasteiger partial charge in [-0.15, -0.1) is 0 Å². The minimum absolute atomic E-state index is 0.0152. The molecule has 108 valence electrons. The molecule has 0 atom stereocenters. The molecule has 1 aromatic rings. The summed E-state index contributed by atoms with van der Waals surface area (Å²) in [5, 5.41) is 10.9. The van der Waals surface area contributed by atoms with Crippen molar-refractivity contribution in [3.8, 4) is 0 Å². The Morgan fingerprint density at radius 3 is 2.75 bits per heavy atom. The van der Waals surface area contributed by atoms with E-state index in [-0.39, 0.29) is 11.3 Å². The van der Waals surface area contributed by atoms with Gasteiger partial charge in [0.15, 0.2) is 0 Å². The summed E-state index contributed by atoms with van der Waals surface area (Å²) in [6.45, 7) is 2.69. The molecule has 0 aliphatic carbocycles. The number of carbonyl (C=O) groups excluding carboxylic acids is 1. The molecular formula is C13H16N2O4S. The molecule has 0 spiro atoms. The number of thioether (sulfide) groups is 1. The molecule has 1 aromatic carbocycles. The molecule has 0 saturated carbocycles. The SMILES string of the molecule is COC(=O)c1cc(CN2CCSCC2)ccc1[N+](=O)[O-].